The normalized spacial score (nSPS) is 19.6. The first-order valence-corrected chi connectivity index (χ1v) is 9.10. The molecule has 1 unspecified atom stereocenters. The molecule has 0 saturated carbocycles. The number of halogens is 1. The lowest BCUT2D eigenvalue weighted by Gasteiger charge is -2.11. The second-order valence-electron chi connectivity index (χ2n) is 5.15. The van der Waals surface area contributed by atoms with Crippen molar-refractivity contribution >= 4 is 33.3 Å². The summed E-state index contributed by atoms with van der Waals surface area (Å²) in [5.74, 6) is -0.519. The maximum atomic E-state index is 11.9. The van der Waals surface area contributed by atoms with E-state index in [-0.39, 0.29) is 42.3 Å². The number of amides is 2. The van der Waals surface area contributed by atoms with Gasteiger partial charge in [0.1, 0.15) is 0 Å². The Kier molecular flexibility index (Phi) is 5.42. The molecule has 2 rings (SSSR count). The summed E-state index contributed by atoms with van der Waals surface area (Å²) in [6, 6.07) is 6.32. The summed E-state index contributed by atoms with van der Waals surface area (Å²) < 4.78 is 22.6. The minimum absolute atomic E-state index is 0.00920. The van der Waals surface area contributed by atoms with Gasteiger partial charge in [0.05, 0.1) is 22.1 Å². The SMILES string of the molecule is O=C(CCNC(=O)c1ccccc1Cl)NC1CCS(=O)(=O)C1. The molecule has 2 amide bonds. The van der Waals surface area contributed by atoms with Crippen LogP contribution in [0.2, 0.25) is 5.02 Å². The highest BCUT2D eigenvalue weighted by molar-refractivity contribution is 7.91. The van der Waals surface area contributed by atoms with E-state index in [2.05, 4.69) is 10.6 Å². The van der Waals surface area contributed by atoms with E-state index < -0.39 is 9.84 Å². The molecule has 1 heterocycles. The maximum absolute atomic E-state index is 11.9. The Morgan fingerprint density at radius 3 is 2.64 bits per heavy atom. The molecule has 1 aliphatic heterocycles. The quantitative estimate of drug-likeness (QED) is 0.825. The highest BCUT2D eigenvalue weighted by Crippen LogP contribution is 2.14. The van der Waals surface area contributed by atoms with Crippen LogP contribution in [0.25, 0.3) is 0 Å². The third-order valence-corrected chi connectivity index (χ3v) is 5.45. The molecule has 1 atom stereocenters. The number of carbonyl (C=O) groups excluding carboxylic acids is 2. The third-order valence-electron chi connectivity index (χ3n) is 3.35. The Bertz CT molecular complexity index is 675. The van der Waals surface area contributed by atoms with E-state index in [0.717, 1.165) is 0 Å². The number of rotatable bonds is 5. The molecule has 1 aromatic carbocycles. The van der Waals surface area contributed by atoms with Crippen molar-refractivity contribution in [1.29, 1.82) is 0 Å². The van der Waals surface area contributed by atoms with Gasteiger partial charge in [-0.2, -0.15) is 0 Å². The van der Waals surface area contributed by atoms with Crippen molar-refractivity contribution in [2.45, 2.75) is 18.9 Å². The van der Waals surface area contributed by atoms with Crippen molar-refractivity contribution in [1.82, 2.24) is 10.6 Å². The molecule has 1 aliphatic rings. The maximum Gasteiger partial charge on any atom is 0.252 e. The highest BCUT2D eigenvalue weighted by atomic mass is 35.5. The lowest BCUT2D eigenvalue weighted by atomic mass is 10.2. The number of carbonyl (C=O) groups is 2. The van der Waals surface area contributed by atoms with Crippen molar-refractivity contribution in [2.24, 2.45) is 0 Å². The summed E-state index contributed by atoms with van der Waals surface area (Å²) >= 11 is 5.90. The van der Waals surface area contributed by atoms with Crippen molar-refractivity contribution in [3.63, 3.8) is 0 Å². The standard InChI is InChI=1S/C14H17ClN2O4S/c15-12-4-2-1-3-11(12)14(19)16-7-5-13(18)17-10-6-8-22(20,21)9-10/h1-4,10H,5-9H2,(H,16,19)(H,17,18). The molecule has 1 aromatic rings. The number of hydrogen-bond donors (Lipinski definition) is 2. The van der Waals surface area contributed by atoms with Crippen LogP contribution in [0.4, 0.5) is 0 Å². The minimum Gasteiger partial charge on any atom is -0.352 e. The van der Waals surface area contributed by atoms with E-state index in [1.165, 1.54) is 0 Å². The molecule has 2 N–H and O–H groups in total. The molecule has 0 aliphatic carbocycles. The van der Waals surface area contributed by atoms with Crippen LogP contribution < -0.4 is 10.6 Å². The Hall–Kier alpha value is -1.60. The van der Waals surface area contributed by atoms with E-state index in [0.29, 0.717) is 17.0 Å². The topological polar surface area (TPSA) is 92.3 Å². The Balaban J connectivity index is 1.73. The summed E-state index contributed by atoms with van der Waals surface area (Å²) in [6.45, 7) is 0.162. The predicted octanol–water partition coefficient (Wildman–Crippen LogP) is 0.763. The van der Waals surface area contributed by atoms with Crippen LogP contribution in [0.5, 0.6) is 0 Å². The van der Waals surface area contributed by atoms with Crippen molar-refractivity contribution in [3.05, 3.63) is 34.9 Å². The molecule has 8 heteroatoms. The largest absolute Gasteiger partial charge is 0.352 e. The Labute approximate surface area is 134 Å². The summed E-state index contributed by atoms with van der Waals surface area (Å²) in [7, 11) is -3.01. The summed E-state index contributed by atoms with van der Waals surface area (Å²) in [5, 5.41) is 5.62. The van der Waals surface area contributed by atoms with E-state index in [1.807, 2.05) is 0 Å². The molecule has 1 saturated heterocycles. The summed E-state index contributed by atoms with van der Waals surface area (Å²) in [4.78, 5) is 23.6. The van der Waals surface area contributed by atoms with Gasteiger partial charge < -0.3 is 10.6 Å². The zero-order chi connectivity index (χ0) is 16.2. The van der Waals surface area contributed by atoms with Crippen molar-refractivity contribution < 1.29 is 18.0 Å². The lowest BCUT2D eigenvalue weighted by molar-refractivity contribution is -0.121. The third kappa shape index (κ3) is 4.71. The van der Waals surface area contributed by atoms with Gasteiger partial charge in [0.2, 0.25) is 5.91 Å². The van der Waals surface area contributed by atoms with Crippen LogP contribution in [0.15, 0.2) is 24.3 Å². The van der Waals surface area contributed by atoms with E-state index in [4.69, 9.17) is 11.6 Å². The Morgan fingerprint density at radius 2 is 2.00 bits per heavy atom. The van der Waals surface area contributed by atoms with Gasteiger partial charge in [0.15, 0.2) is 9.84 Å². The first-order valence-electron chi connectivity index (χ1n) is 6.90. The molecular weight excluding hydrogens is 328 g/mol. The van der Waals surface area contributed by atoms with Crippen LogP contribution in [0.3, 0.4) is 0 Å². The van der Waals surface area contributed by atoms with E-state index in [9.17, 15) is 18.0 Å². The first kappa shape index (κ1) is 16.8. The highest BCUT2D eigenvalue weighted by Gasteiger charge is 2.28. The smallest absolute Gasteiger partial charge is 0.252 e. The zero-order valence-electron chi connectivity index (χ0n) is 11.8. The van der Waals surface area contributed by atoms with Gasteiger partial charge in [-0.1, -0.05) is 23.7 Å². The van der Waals surface area contributed by atoms with E-state index in [1.54, 1.807) is 24.3 Å². The average molecular weight is 345 g/mol. The molecule has 6 nitrogen and oxygen atoms in total. The zero-order valence-corrected chi connectivity index (χ0v) is 13.4. The van der Waals surface area contributed by atoms with E-state index >= 15 is 0 Å². The Morgan fingerprint density at radius 1 is 1.27 bits per heavy atom. The van der Waals surface area contributed by atoms with Crippen LogP contribution in [-0.2, 0) is 14.6 Å². The van der Waals surface area contributed by atoms with Gasteiger partial charge in [-0.05, 0) is 18.6 Å². The molecule has 120 valence electrons. The van der Waals surface area contributed by atoms with Gasteiger partial charge in [-0.3, -0.25) is 9.59 Å². The second kappa shape index (κ2) is 7.11. The predicted molar refractivity (Wildman–Crippen MR) is 83.6 cm³/mol. The number of nitrogens with one attached hydrogen (secondary N) is 2. The molecule has 1 fully saturated rings. The number of hydrogen-bond acceptors (Lipinski definition) is 4. The first-order chi connectivity index (χ1) is 10.4. The van der Waals surface area contributed by atoms with Gasteiger partial charge >= 0.3 is 0 Å². The van der Waals surface area contributed by atoms with Crippen LogP contribution >= 0.6 is 11.6 Å². The fourth-order valence-electron chi connectivity index (χ4n) is 2.24. The molecule has 0 aromatic heterocycles. The molecule has 22 heavy (non-hydrogen) atoms. The van der Waals surface area contributed by atoms with Crippen LogP contribution in [0.1, 0.15) is 23.2 Å². The van der Waals surface area contributed by atoms with Gasteiger partial charge in [-0.15, -0.1) is 0 Å². The van der Waals surface area contributed by atoms with Crippen LogP contribution in [-0.4, -0.2) is 44.3 Å². The lowest BCUT2D eigenvalue weighted by Crippen LogP contribution is -2.37. The number of benzene rings is 1. The minimum atomic E-state index is -3.01. The van der Waals surface area contributed by atoms with Crippen molar-refractivity contribution in [2.75, 3.05) is 18.1 Å². The summed E-state index contributed by atoms with van der Waals surface area (Å²) in [6.07, 6.45) is 0.535. The molecular formula is C14H17ClN2O4S. The van der Waals surface area contributed by atoms with Gasteiger partial charge in [0.25, 0.3) is 5.91 Å². The fraction of sp³-hybridized carbons (Fsp3) is 0.429. The monoisotopic (exact) mass is 344 g/mol. The average Bonchev–Trinajstić information content (AvgIpc) is 2.78. The van der Waals surface area contributed by atoms with Crippen LogP contribution in [0, 0.1) is 0 Å². The van der Waals surface area contributed by atoms with Crippen molar-refractivity contribution in [3.8, 4) is 0 Å². The summed E-state index contributed by atoms with van der Waals surface area (Å²) in [5.41, 5.74) is 0.353. The number of sulfone groups is 1. The molecule has 0 radical (unpaired) electrons. The molecule has 0 bridgehead atoms. The fourth-order valence-corrected chi connectivity index (χ4v) is 4.13. The second-order valence-corrected chi connectivity index (χ2v) is 7.79. The molecule has 0 spiro atoms. The van der Waals surface area contributed by atoms with Gasteiger partial charge in [0, 0.05) is 19.0 Å². The van der Waals surface area contributed by atoms with Gasteiger partial charge in [-0.25, -0.2) is 8.42 Å².